The molecule has 154 valence electrons. The predicted molar refractivity (Wildman–Crippen MR) is 121 cm³/mol. The van der Waals surface area contributed by atoms with Crippen molar-refractivity contribution in [2.24, 2.45) is 0 Å². The van der Waals surface area contributed by atoms with Gasteiger partial charge in [0.25, 0.3) is 11.8 Å². The Morgan fingerprint density at radius 2 is 1.80 bits per heavy atom. The minimum absolute atomic E-state index is 0.0183. The minimum Gasteiger partial charge on any atom is -0.488 e. The van der Waals surface area contributed by atoms with Crippen molar-refractivity contribution in [3.05, 3.63) is 68.8 Å². The van der Waals surface area contributed by atoms with Crippen LogP contribution in [0.15, 0.2) is 54.1 Å². The van der Waals surface area contributed by atoms with E-state index >= 15 is 0 Å². The van der Waals surface area contributed by atoms with Crippen molar-refractivity contribution in [2.45, 2.75) is 38.3 Å². The van der Waals surface area contributed by atoms with E-state index in [4.69, 9.17) is 4.74 Å². The third kappa shape index (κ3) is 4.40. The lowest BCUT2D eigenvalue weighted by Gasteiger charge is -2.31. The number of urea groups is 1. The van der Waals surface area contributed by atoms with Gasteiger partial charge in [-0.2, -0.15) is 0 Å². The number of nitrogens with one attached hydrogen (secondary N) is 1. The van der Waals surface area contributed by atoms with Crippen LogP contribution >= 0.6 is 22.6 Å². The molecule has 4 rings (SSSR count). The van der Waals surface area contributed by atoms with Gasteiger partial charge in [-0.1, -0.05) is 49.2 Å². The average Bonchev–Trinajstić information content (AvgIpc) is 3.25. The van der Waals surface area contributed by atoms with E-state index < -0.39 is 17.8 Å². The van der Waals surface area contributed by atoms with Crippen LogP contribution < -0.4 is 10.1 Å². The van der Waals surface area contributed by atoms with Crippen molar-refractivity contribution >= 4 is 46.5 Å². The Labute approximate surface area is 188 Å². The first-order valence-corrected chi connectivity index (χ1v) is 11.0. The van der Waals surface area contributed by atoms with Crippen LogP contribution in [0.5, 0.6) is 5.75 Å². The molecule has 2 fully saturated rings. The summed E-state index contributed by atoms with van der Waals surface area (Å²) in [6.07, 6.45) is 5.07. The van der Waals surface area contributed by atoms with E-state index in [9.17, 15) is 14.4 Å². The molecule has 0 aromatic heterocycles. The highest BCUT2D eigenvalue weighted by Crippen LogP contribution is 2.28. The highest BCUT2D eigenvalue weighted by molar-refractivity contribution is 14.1. The molecule has 1 aliphatic carbocycles. The maximum absolute atomic E-state index is 12.9. The molecule has 1 saturated heterocycles. The molecule has 1 N–H and O–H groups in total. The van der Waals surface area contributed by atoms with Crippen LogP contribution in [-0.4, -0.2) is 28.8 Å². The average molecular weight is 516 g/mol. The summed E-state index contributed by atoms with van der Waals surface area (Å²) >= 11 is 2.17. The Bertz CT molecular complexity index is 1010. The summed E-state index contributed by atoms with van der Waals surface area (Å²) < 4.78 is 6.75. The number of carbonyl (C=O) groups excluding carboxylic acids is 3. The van der Waals surface area contributed by atoms with Crippen LogP contribution in [0.1, 0.15) is 36.8 Å². The summed E-state index contributed by atoms with van der Waals surface area (Å²) in [5.74, 6) is -0.447. The van der Waals surface area contributed by atoms with Gasteiger partial charge in [-0.05, 0) is 64.8 Å². The van der Waals surface area contributed by atoms with Gasteiger partial charge >= 0.3 is 6.03 Å². The quantitative estimate of drug-likeness (QED) is 0.366. The zero-order valence-corrected chi connectivity index (χ0v) is 18.4. The maximum atomic E-state index is 12.9. The van der Waals surface area contributed by atoms with Gasteiger partial charge in [0.1, 0.15) is 17.9 Å². The fourth-order valence-electron chi connectivity index (χ4n) is 3.79. The summed E-state index contributed by atoms with van der Waals surface area (Å²) in [5, 5.41) is 2.30. The van der Waals surface area contributed by atoms with Gasteiger partial charge in [-0.15, -0.1) is 0 Å². The zero-order chi connectivity index (χ0) is 21.1. The lowest BCUT2D eigenvalue weighted by atomic mass is 10.1. The second-order valence-corrected chi connectivity index (χ2v) is 8.56. The van der Waals surface area contributed by atoms with Crippen molar-refractivity contribution in [1.82, 2.24) is 10.2 Å². The SMILES string of the molecule is O=C1NC(=O)N(C2CCCC2)C(=O)/C1=C/c1ccc(OCc2ccccc2)c(I)c1. The maximum Gasteiger partial charge on any atom is 0.331 e. The summed E-state index contributed by atoms with van der Waals surface area (Å²) in [7, 11) is 0. The van der Waals surface area contributed by atoms with Crippen LogP contribution in [0.4, 0.5) is 4.79 Å². The van der Waals surface area contributed by atoms with Gasteiger partial charge in [0.15, 0.2) is 0 Å². The molecular weight excluding hydrogens is 495 g/mol. The van der Waals surface area contributed by atoms with E-state index in [0.717, 1.165) is 40.6 Å². The van der Waals surface area contributed by atoms with Crippen molar-refractivity contribution in [3.63, 3.8) is 0 Å². The highest BCUT2D eigenvalue weighted by atomic mass is 127. The molecule has 1 saturated carbocycles. The van der Waals surface area contributed by atoms with Crippen molar-refractivity contribution in [3.8, 4) is 5.75 Å². The Hall–Kier alpha value is -2.68. The summed E-state index contributed by atoms with van der Waals surface area (Å²) in [6, 6.07) is 14.6. The summed E-state index contributed by atoms with van der Waals surface area (Å²) in [5.41, 5.74) is 1.75. The Morgan fingerprint density at radius 3 is 2.50 bits per heavy atom. The van der Waals surface area contributed by atoms with E-state index in [1.54, 1.807) is 6.07 Å². The van der Waals surface area contributed by atoms with Gasteiger partial charge in [-0.25, -0.2) is 4.79 Å². The first kappa shape index (κ1) is 20.6. The molecule has 0 bridgehead atoms. The van der Waals surface area contributed by atoms with Crippen LogP contribution in [-0.2, 0) is 16.2 Å². The van der Waals surface area contributed by atoms with Crippen molar-refractivity contribution in [1.29, 1.82) is 0 Å². The molecule has 7 heteroatoms. The fraction of sp³-hybridized carbons (Fsp3) is 0.261. The van der Waals surface area contributed by atoms with E-state index in [-0.39, 0.29) is 11.6 Å². The molecule has 30 heavy (non-hydrogen) atoms. The first-order chi connectivity index (χ1) is 14.5. The van der Waals surface area contributed by atoms with Crippen molar-refractivity contribution in [2.75, 3.05) is 0 Å². The molecule has 2 aromatic carbocycles. The fourth-order valence-corrected chi connectivity index (χ4v) is 4.49. The Balaban J connectivity index is 1.52. The molecular formula is C23H21IN2O4. The monoisotopic (exact) mass is 516 g/mol. The van der Waals surface area contributed by atoms with Gasteiger partial charge in [-0.3, -0.25) is 19.8 Å². The number of rotatable bonds is 5. The number of ether oxygens (including phenoxy) is 1. The number of carbonyl (C=O) groups is 3. The molecule has 2 aromatic rings. The predicted octanol–water partition coefficient (Wildman–Crippen LogP) is 4.27. The van der Waals surface area contributed by atoms with Crippen LogP contribution in [0.2, 0.25) is 0 Å². The molecule has 0 atom stereocenters. The second-order valence-electron chi connectivity index (χ2n) is 7.39. The van der Waals surface area contributed by atoms with Gasteiger partial charge < -0.3 is 4.74 Å². The zero-order valence-electron chi connectivity index (χ0n) is 16.3. The number of imide groups is 2. The lowest BCUT2D eigenvalue weighted by molar-refractivity contribution is -0.131. The summed E-state index contributed by atoms with van der Waals surface area (Å²) in [6.45, 7) is 0.455. The molecule has 0 spiro atoms. The number of barbiturate groups is 1. The topological polar surface area (TPSA) is 75.7 Å². The molecule has 0 unspecified atom stereocenters. The van der Waals surface area contributed by atoms with Crippen molar-refractivity contribution < 1.29 is 19.1 Å². The summed E-state index contributed by atoms with van der Waals surface area (Å²) in [4.78, 5) is 38.6. The normalized spacial score (nSPS) is 18.8. The molecule has 1 aliphatic heterocycles. The van der Waals surface area contributed by atoms with E-state index in [0.29, 0.717) is 12.2 Å². The van der Waals surface area contributed by atoms with E-state index in [1.807, 2.05) is 42.5 Å². The van der Waals surface area contributed by atoms with Crippen LogP contribution in [0.3, 0.4) is 0 Å². The number of halogens is 1. The van der Waals surface area contributed by atoms with Gasteiger partial charge in [0, 0.05) is 6.04 Å². The Kier molecular flexibility index (Phi) is 6.17. The number of amides is 4. The number of hydrogen-bond acceptors (Lipinski definition) is 4. The van der Waals surface area contributed by atoms with Crippen LogP contribution in [0, 0.1) is 3.57 Å². The minimum atomic E-state index is -0.654. The second kappa shape index (κ2) is 8.99. The highest BCUT2D eigenvalue weighted by Gasteiger charge is 2.40. The van der Waals surface area contributed by atoms with Crippen LogP contribution in [0.25, 0.3) is 6.08 Å². The number of nitrogens with zero attached hydrogens (tertiary/aromatic N) is 1. The van der Waals surface area contributed by atoms with Gasteiger partial charge in [0.2, 0.25) is 0 Å². The molecule has 4 amide bonds. The largest absolute Gasteiger partial charge is 0.488 e. The molecule has 1 heterocycles. The van der Waals surface area contributed by atoms with E-state index in [2.05, 4.69) is 27.9 Å². The Morgan fingerprint density at radius 1 is 1.07 bits per heavy atom. The number of benzene rings is 2. The standard InChI is InChI=1S/C23H21IN2O4/c24-19-13-16(10-11-20(19)30-14-15-6-2-1-3-7-15)12-18-21(27)25-23(29)26(22(18)28)17-8-4-5-9-17/h1-3,6-7,10-13,17H,4-5,8-9,14H2,(H,25,27,29)/b18-12+. The molecule has 2 aliphatic rings. The molecule has 0 radical (unpaired) electrons. The van der Waals surface area contributed by atoms with E-state index in [1.165, 1.54) is 11.0 Å². The lowest BCUT2D eigenvalue weighted by Crippen LogP contribution is -2.57. The smallest absolute Gasteiger partial charge is 0.331 e. The third-order valence-electron chi connectivity index (χ3n) is 5.33. The molecule has 6 nitrogen and oxygen atoms in total. The number of hydrogen-bond donors (Lipinski definition) is 1. The third-order valence-corrected chi connectivity index (χ3v) is 6.17. The van der Waals surface area contributed by atoms with Gasteiger partial charge in [0.05, 0.1) is 3.57 Å². The first-order valence-electron chi connectivity index (χ1n) is 9.90.